The van der Waals surface area contributed by atoms with E-state index in [1.54, 1.807) is 55.6 Å². The van der Waals surface area contributed by atoms with Crippen molar-refractivity contribution in [1.82, 2.24) is 4.98 Å². The molecular weight excluding hydrogens is 356 g/mol. The number of amides is 1. The van der Waals surface area contributed by atoms with Crippen molar-refractivity contribution in [3.8, 4) is 17.6 Å². The van der Waals surface area contributed by atoms with Crippen LogP contribution < -0.4 is 20.1 Å². The van der Waals surface area contributed by atoms with E-state index in [-0.39, 0.29) is 11.6 Å². The number of pyridine rings is 1. The second-order valence-corrected chi connectivity index (χ2v) is 5.73. The summed E-state index contributed by atoms with van der Waals surface area (Å²) < 4.78 is 10.4. The number of methoxy groups -OCH3 is 2. The molecule has 1 aromatic heterocycles. The van der Waals surface area contributed by atoms with Gasteiger partial charge in [-0.1, -0.05) is 12.1 Å². The fraction of sp³-hybridized carbons (Fsp3) is 0.0952. The molecule has 0 spiro atoms. The number of nitrogens with zero attached hydrogens (tertiary/aromatic N) is 2. The first kappa shape index (κ1) is 18.7. The summed E-state index contributed by atoms with van der Waals surface area (Å²) in [6.07, 6.45) is 1.53. The normalized spacial score (nSPS) is 9.89. The second-order valence-electron chi connectivity index (χ2n) is 5.73. The first-order valence-electron chi connectivity index (χ1n) is 8.40. The number of rotatable bonds is 6. The van der Waals surface area contributed by atoms with Crippen molar-refractivity contribution in [1.29, 1.82) is 5.26 Å². The lowest BCUT2D eigenvalue weighted by Crippen LogP contribution is -2.14. The van der Waals surface area contributed by atoms with Gasteiger partial charge >= 0.3 is 0 Å². The summed E-state index contributed by atoms with van der Waals surface area (Å²) in [5.41, 5.74) is 2.58. The Morgan fingerprint density at radius 1 is 1.04 bits per heavy atom. The third-order valence-electron chi connectivity index (χ3n) is 3.98. The van der Waals surface area contributed by atoms with Gasteiger partial charge in [-0.15, -0.1) is 0 Å². The van der Waals surface area contributed by atoms with Crippen LogP contribution in [0.5, 0.6) is 11.5 Å². The van der Waals surface area contributed by atoms with Gasteiger partial charge in [0, 0.05) is 6.07 Å². The van der Waals surface area contributed by atoms with Gasteiger partial charge in [0.2, 0.25) is 0 Å². The molecule has 2 aromatic carbocycles. The molecule has 0 aliphatic carbocycles. The number of nitrogens with one attached hydrogen (secondary N) is 2. The van der Waals surface area contributed by atoms with E-state index < -0.39 is 0 Å². The molecule has 7 heteroatoms. The lowest BCUT2D eigenvalue weighted by molar-refractivity contribution is 0.102. The van der Waals surface area contributed by atoms with Crippen molar-refractivity contribution < 1.29 is 14.3 Å². The molecule has 0 unspecified atom stereocenters. The summed E-state index contributed by atoms with van der Waals surface area (Å²) in [6.45, 7) is 0. The van der Waals surface area contributed by atoms with Gasteiger partial charge in [0.1, 0.15) is 23.3 Å². The number of carbonyl (C=O) groups is 1. The fourth-order valence-electron chi connectivity index (χ4n) is 2.55. The topological polar surface area (TPSA) is 96.3 Å². The Bertz CT molecular complexity index is 1030. The minimum absolute atomic E-state index is 0.240. The smallest absolute Gasteiger partial charge is 0.274 e. The minimum Gasteiger partial charge on any atom is -0.497 e. The molecule has 3 rings (SSSR count). The van der Waals surface area contributed by atoms with Crippen molar-refractivity contribution in [3.63, 3.8) is 0 Å². The third kappa shape index (κ3) is 4.19. The third-order valence-corrected chi connectivity index (χ3v) is 3.98. The van der Waals surface area contributed by atoms with Gasteiger partial charge in [0.25, 0.3) is 5.91 Å². The maximum atomic E-state index is 12.5. The molecule has 3 aromatic rings. The molecule has 0 aliphatic rings. The van der Waals surface area contributed by atoms with Crippen molar-refractivity contribution in [2.24, 2.45) is 0 Å². The number of hydrogen-bond donors (Lipinski definition) is 2. The van der Waals surface area contributed by atoms with Gasteiger partial charge < -0.3 is 20.1 Å². The van der Waals surface area contributed by atoms with Crippen LogP contribution in [0.15, 0.2) is 60.8 Å². The number of nitriles is 1. The summed E-state index contributed by atoms with van der Waals surface area (Å²) >= 11 is 0. The van der Waals surface area contributed by atoms with Crippen molar-refractivity contribution in [2.75, 3.05) is 24.9 Å². The predicted molar refractivity (Wildman–Crippen MR) is 106 cm³/mol. The SMILES string of the molecule is COc1ccc(OC)c(NC(=O)c2ccc(Nc3ccccc3C#N)cn2)c1. The standard InChI is InChI=1S/C21H18N4O3/c1-27-16-8-10-20(28-2)19(11-16)25-21(26)18-9-7-15(13-23-18)24-17-6-4-3-5-14(17)12-22/h3-11,13,24H,1-2H3,(H,25,26). The van der Waals surface area contributed by atoms with E-state index in [2.05, 4.69) is 21.7 Å². The summed E-state index contributed by atoms with van der Waals surface area (Å²) in [4.78, 5) is 16.7. The zero-order valence-corrected chi connectivity index (χ0v) is 15.4. The Kier molecular flexibility index (Phi) is 5.72. The Morgan fingerprint density at radius 3 is 2.54 bits per heavy atom. The molecule has 0 saturated heterocycles. The van der Waals surface area contributed by atoms with E-state index in [0.717, 1.165) is 0 Å². The summed E-state index contributed by atoms with van der Waals surface area (Å²) in [7, 11) is 3.07. The maximum Gasteiger partial charge on any atom is 0.274 e. The highest BCUT2D eigenvalue weighted by molar-refractivity contribution is 6.04. The van der Waals surface area contributed by atoms with Crippen LogP contribution in [0.4, 0.5) is 17.1 Å². The van der Waals surface area contributed by atoms with Crippen molar-refractivity contribution >= 4 is 23.0 Å². The minimum atomic E-state index is -0.379. The maximum absolute atomic E-state index is 12.5. The van der Waals surface area contributed by atoms with E-state index >= 15 is 0 Å². The zero-order valence-electron chi connectivity index (χ0n) is 15.4. The zero-order chi connectivity index (χ0) is 19.9. The fourth-order valence-corrected chi connectivity index (χ4v) is 2.55. The lowest BCUT2D eigenvalue weighted by atomic mass is 10.2. The molecule has 0 radical (unpaired) electrons. The molecule has 0 atom stereocenters. The van der Waals surface area contributed by atoms with Crippen LogP contribution in [-0.4, -0.2) is 25.1 Å². The van der Waals surface area contributed by atoms with Gasteiger partial charge in [0.15, 0.2) is 0 Å². The quantitative estimate of drug-likeness (QED) is 0.678. The van der Waals surface area contributed by atoms with E-state index in [0.29, 0.717) is 34.1 Å². The van der Waals surface area contributed by atoms with Crippen LogP contribution in [-0.2, 0) is 0 Å². The Labute approximate surface area is 162 Å². The molecule has 1 heterocycles. The number of anilines is 3. The molecular formula is C21H18N4O3. The van der Waals surface area contributed by atoms with Gasteiger partial charge in [-0.05, 0) is 36.4 Å². The van der Waals surface area contributed by atoms with Crippen LogP contribution in [0.3, 0.4) is 0 Å². The first-order valence-corrected chi connectivity index (χ1v) is 8.40. The average molecular weight is 374 g/mol. The molecule has 2 N–H and O–H groups in total. The molecule has 28 heavy (non-hydrogen) atoms. The summed E-state index contributed by atoms with van der Waals surface area (Å²) in [5, 5.41) is 15.0. The molecule has 0 fully saturated rings. The van der Waals surface area contributed by atoms with Gasteiger partial charge in [-0.25, -0.2) is 4.98 Å². The van der Waals surface area contributed by atoms with E-state index in [1.165, 1.54) is 13.3 Å². The molecule has 0 saturated carbocycles. The largest absolute Gasteiger partial charge is 0.497 e. The number of hydrogen-bond acceptors (Lipinski definition) is 6. The van der Waals surface area contributed by atoms with Crippen molar-refractivity contribution in [3.05, 3.63) is 72.1 Å². The highest BCUT2D eigenvalue weighted by atomic mass is 16.5. The van der Waals surface area contributed by atoms with Crippen molar-refractivity contribution in [2.45, 2.75) is 0 Å². The average Bonchev–Trinajstić information content (AvgIpc) is 2.74. The number of ether oxygens (including phenoxy) is 2. The molecule has 140 valence electrons. The Morgan fingerprint density at radius 2 is 1.86 bits per heavy atom. The van der Waals surface area contributed by atoms with Crippen LogP contribution in [0.1, 0.15) is 16.1 Å². The highest BCUT2D eigenvalue weighted by Crippen LogP contribution is 2.29. The van der Waals surface area contributed by atoms with E-state index in [4.69, 9.17) is 14.7 Å². The van der Waals surface area contributed by atoms with Crippen LogP contribution >= 0.6 is 0 Å². The number of benzene rings is 2. The van der Waals surface area contributed by atoms with Gasteiger partial charge in [-0.3, -0.25) is 4.79 Å². The second kappa shape index (κ2) is 8.56. The van der Waals surface area contributed by atoms with Crippen LogP contribution in [0, 0.1) is 11.3 Å². The number of carbonyl (C=O) groups excluding carboxylic acids is 1. The van der Waals surface area contributed by atoms with E-state index in [9.17, 15) is 4.79 Å². The number of para-hydroxylation sites is 1. The van der Waals surface area contributed by atoms with Crippen LogP contribution in [0.25, 0.3) is 0 Å². The summed E-state index contributed by atoms with van der Waals surface area (Å²) in [6, 6.07) is 17.7. The summed E-state index contributed by atoms with van der Waals surface area (Å²) in [5.74, 6) is 0.732. The lowest BCUT2D eigenvalue weighted by Gasteiger charge is -2.12. The van der Waals surface area contributed by atoms with E-state index in [1.807, 2.05) is 6.07 Å². The molecule has 0 aliphatic heterocycles. The molecule has 7 nitrogen and oxygen atoms in total. The van der Waals surface area contributed by atoms with Gasteiger partial charge in [0.05, 0.1) is 43.0 Å². The van der Waals surface area contributed by atoms with Crippen LogP contribution in [0.2, 0.25) is 0 Å². The Balaban J connectivity index is 1.75. The molecule has 1 amide bonds. The molecule has 0 bridgehead atoms. The predicted octanol–water partition coefficient (Wildman–Crippen LogP) is 3.97. The van der Waals surface area contributed by atoms with Gasteiger partial charge in [-0.2, -0.15) is 5.26 Å². The first-order chi connectivity index (χ1) is 13.6. The number of aromatic nitrogens is 1. The highest BCUT2D eigenvalue weighted by Gasteiger charge is 2.12. The monoisotopic (exact) mass is 374 g/mol. The Hall–Kier alpha value is -4.05.